The van der Waals surface area contributed by atoms with Crippen LogP contribution in [0.4, 0.5) is 0 Å². The lowest BCUT2D eigenvalue weighted by Crippen LogP contribution is -2.47. The molecule has 0 radical (unpaired) electrons. The van der Waals surface area contributed by atoms with Crippen molar-refractivity contribution in [2.24, 2.45) is 4.99 Å². The van der Waals surface area contributed by atoms with Crippen molar-refractivity contribution < 1.29 is 5.11 Å². The van der Waals surface area contributed by atoms with Crippen molar-refractivity contribution in [2.45, 2.75) is 58.6 Å². The third kappa shape index (κ3) is 7.98. The molecule has 0 saturated heterocycles. The first kappa shape index (κ1) is 21.2. The van der Waals surface area contributed by atoms with E-state index in [2.05, 4.69) is 39.7 Å². The van der Waals surface area contributed by atoms with Gasteiger partial charge >= 0.3 is 0 Å². The predicted octanol–water partition coefficient (Wildman–Crippen LogP) is 2.41. The van der Waals surface area contributed by atoms with Gasteiger partial charge in [0, 0.05) is 19.3 Å². The van der Waals surface area contributed by atoms with E-state index < -0.39 is 5.60 Å². The van der Waals surface area contributed by atoms with Crippen molar-refractivity contribution in [3.8, 4) is 0 Å². The molecule has 1 rings (SSSR count). The van der Waals surface area contributed by atoms with Crippen LogP contribution in [0, 0.1) is 0 Å². The number of aromatic amines is 1. The fraction of sp³-hybridized carbons (Fsp3) is 0.733. The summed E-state index contributed by atoms with van der Waals surface area (Å²) in [5.74, 6) is 0.720. The van der Waals surface area contributed by atoms with Crippen molar-refractivity contribution in [3.63, 3.8) is 0 Å². The number of hydrogen-bond acceptors (Lipinski definition) is 3. The second-order valence-electron chi connectivity index (χ2n) is 5.35. The van der Waals surface area contributed by atoms with Crippen LogP contribution in [0.3, 0.4) is 0 Å². The Morgan fingerprint density at radius 1 is 1.27 bits per heavy atom. The molecule has 0 aliphatic carbocycles. The quantitative estimate of drug-likeness (QED) is 0.279. The van der Waals surface area contributed by atoms with Crippen LogP contribution in [0.1, 0.15) is 52.1 Å². The summed E-state index contributed by atoms with van der Waals surface area (Å²) in [6.45, 7) is 8.06. The highest BCUT2D eigenvalue weighted by Crippen LogP contribution is 2.18. The number of H-pyrrole nitrogens is 1. The minimum atomic E-state index is -0.659. The lowest BCUT2D eigenvalue weighted by molar-refractivity contribution is 0.0257. The van der Waals surface area contributed by atoms with Gasteiger partial charge in [0.1, 0.15) is 0 Å². The monoisotopic (exact) mass is 423 g/mol. The molecular weight excluding hydrogens is 393 g/mol. The van der Waals surface area contributed by atoms with Crippen LogP contribution in [0.5, 0.6) is 0 Å². The Kier molecular flexibility index (Phi) is 11.3. The van der Waals surface area contributed by atoms with Gasteiger partial charge in [-0.05, 0) is 25.8 Å². The molecule has 6 nitrogen and oxygen atoms in total. The first-order valence-corrected chi connectivity index (χ1v) is 7.86. The van der Waals surface area contributed by atoms with Crippen molar-refractivity contribution in [2.75, 3.05) is 13.1 Å². The molecular formula is C15H30IN5O. The number of rotatable bonds is 9. The fourth-order valence-electron chi connectivity index (χ4n) is 2.36. The minimum Gasteiger partial charge on any atom is -0.388 e. The summed E-state index contributed by atoms with van der Waals surface area (Å²) in [5.41, 5.74) is 0.304. The van der Waals surface area contributed by atoms with E-state index in [1.54, 1.807) is 6.20 Å². The predicted molar refractivity (Wildman–Crippen MR) is 102 cm³/mol. The first-order valence-electron chi connectivity index (χ1n) is 7.86. The van der Waals surface area contributed by atoms with Gasteiger partial charge in [-0.2, -0.15) is 5.10 Å². The number of nitrogens with one attached hydrogen (secondary N) is 3. The third-order valence-electron chi connectivity index (χ3n) is 3.33. The third-order valence-corrected chi connectivity index (χ3v) is 3.33. The van der Waals surface area contributed by atoms with Gasteiger partial charge in [0.2, 0.25) is 0 Å². The Labute approximate surface area is 150 Å². The van der Waals surface area contributed by atoms with Gasteiger partial charge < -0.3 is 15.7 Å². The summed E-state index contributed by atoms with van der Waals surface area (Å²) >= 11 is 0. The SMILES string of the molecule is CCCC(O)(CCC)CNC(=NCc1ccn[nH]1)NCC.I. The maximum atomic E-state index is 10.6. The number of aliphatic imine (C=N–C) groups is 1. The van der Waals surface area contributed by atoms with Crippen LogP contribution in [-0.2, 0) is 6.54 Å². The van der Waals surface area contributed by atoms with Crippen LogP contribution in [0.25, 0.3) is 0 Å². The highest BCUT2D eigenvalue weighted by molar-refractivity contribution is 14.0. The van der Waals surface area contributed by atoms with Crippen molar-refractivity contribution in [3.05, 3.63) is 18.0 Å². The maximum absolute atomic E-state index is 10.6. The molecule has 0 unspecified atom stereocenters. The smallest absolute Gasteiger partial charge is 0.191 e. The van der Waals surface area contributed by atoms with Crippen molar-refractivity contribution >= 4 is 29.9 Å². The molecule has 1 aromatic heterocycles. The van der Waals surface area contributed by atoms with Gasteiger partial charge in [-0.3, -0.25) is 5.10 Å². The van der Waals surface area contributed by atoms with E-state index in [0.29, 0.717) is 13.1 Å². The van der Waals surface area contributed by atoms with Crippen LogP contribution in [0.2, 0.25) is 0 Å². The van der Waals surface area contributed by atoms with E-state index in [1.807, 2.05) is 13.0 Å². The first-order chi connectivity index (χ1) is 10.1. The van der Waals surface area contributed by atoms with E-state index in [0.717, 1.165) is 43.9 Å². The maximum Gasteiger partial charge on any atom is 0.191 e. The molecule has 1 aromatic rings. The number of halogens is 1. The Balaban J connectivity index is 0.00000441. The van der Waals surface area contributed by atoms with Gasteiger partial charge in [-0.25, -0.2) is 4.99 Å². The average Bonchev–Trinajstić information content (AvgIpc) is 2.96. The van der Waals surface area contributed by atoms with Crippen molar-refractivity contribution in [1.82, 2.24) is 20.8 Å². The van der Waals surface area contributed by atoms with E-state index in [-0.39, 0.29) is 24.0 Å². The zero-order valence-electron chi connectivity index (χ0n) is 13.9. The largest absolute Gasteiger partial charge is 0.388 e. The topological polar surface area (TPSA) is 85.3 Å². The lowest BCUT2D eigenvalue weighted by Gasteiger charge is -2.28. The molecule has 22 heavy (non-hydrogen) atoms. The Bertz CT molecular complexity index is 402. The Hall–Kier alpha value is -0.830. The van der Waals surface area contributed by atoms with Crippen LogP contribution >= 0.6 is 24.0 Å². The van der Waals surface area contributed by atoms with E-state index in [1.165, 1.54) is 0 Å². The number of nitrogens with zero attached hydrogens (tertiary/aromatic N) is 2. The molecule has 0 aliphatic rings. The standard InChI is InChI=1S/C15H29N5O.HI/c1-4-8-15(21,9-5-2)12-18-14(16-6-3)17-11-13-7-10-19-20-13;/h7,10,21H,4-6,8-9,11-12H2,1-3H3,(H,19,20)(H2,16,17,18);1H. The molecule has 0 amide bonds. The summed E-state index contributed by atoms with van der Waals surface area (Å²) < 4.78 is 0. The molecule has 0 atom stereocenters. The molecule has 0 bridgehead atoms. The molecule has 0 aromatic carbocycles. The number of guanidine groups is 1. The van der Waals surface area contributed by atoms with E-state index >= 15 is 0 Å². The summed E-state index contributed by atoms with van der Waals surface area (Å²) in [4.78, 5) is 4.49. The average molecular weight is 423 g/mol. The van der Waals surface area contributed by atoms with Gasteiger partial charge in [0.05, 0.1) is 17.8 Å². The lowest BCUT2D eigenvalue weighted by atomic mass is 9.93. The number of aliphatic hydroxyl groups is 1. The highest BCUT2D eigenvalue weighted by atomic mass is 127. The van der Waals surface area contributed by atoms with E-state index in [4.69, 9.17) is 0 Å². The van der Waals surface area contributed by atoms with Gasteiger partial charge in [0.15, 0.2) is 5.96 Å². The second kappa shape index (κ2) is 11.7. The summed E-state index contributed by atoms with van der Waals surface area (Å²) in [6, 6.07) is 1.90. The summed E-state index contributed by atoms with van der Waals surface area (Å²) in [5, 5.41) is 23.9. The number of aromatic nitrogens is 2. The van der Waals surface area contributed by atoms with Gasteiger partial charge in [-0.1, -0.05) is 26.7 Å². The van der Waals surface area contributed by atoms with Crippen LogP contribution in [0.15, 0.2) is 17.3 Å². The molecule has 0 fully saturated rings. The summed E-state index contributed by atoms with van der Waals surface area (Å²) in [7, 11) is 0. The molecule has 1 heterocycles. The zero-order chi connectivity index (χ0) is 15.6. The summed E-state index contributed by atoms with van der Waals surface area (Å²) in [6.07, 6.45) is 5.26. The van der Waals surface area contributed by atoms with Crippen LogP contribution < -0.4 is 10.6 Å². The molecule has 4 N–H and O–H groups in total. The van der Waals surface area contributed by atoms with E-state index in [9.17, 15) is 5.11 Å². The normalized spacial score (nSPS) is 11.9. The van der Waals surface area contributed by atoms with Crippen molar-refractivity contribution in [1.29, 1.82) is 0 Å². The molecule has 0 saturated carbocycles. The minimum absolute atomic E-state index is 0. The Morgan fingerprint density at radius 2 is 1.95 bits per heavy atom. The molecule has 7 heteroatoms. The molecule has 0 spiro atoms. The molecule has 0 aliphatic heterocycles. The highest BCUT2D eigenvalue weighted by Gasteiger charge is 2.24. The van der Waals surface area contributed by atoms with Gasteiger partial charge in [-0.15, -0.1) is 24.0 Å². The Morgan fingerprint density at radius 3 is 2.45 bits per heavy atom. The number of hydrogen-bond donors (Lipinski definition) is 4. The second-order valence-corrected chi connectivity index (χ2v) is 5.35. The zero-order valence-corrected chi connectivity index (χ0v) is 16.2. The van der Waals surface area contributed by atoms with Gasteiger partial charge in [0.25, 0.3) is 0 Å². The fourth-order valence-corrected chi connectivity index (χ4v) is 2.36. The van der Waals surface area contributed by atoms with Crippen LogP contribution in [-0.4, -0.2) is 40.0 Å². The molecule has 128 valence electrons.